The molecule has 2 aromatic rings. The highest BCUT2D eigenvalue weighted by atomic mass is 79.9. The van der Waals surface area contributed by atoms with Gasteiger partial charge in [-0.1, -0.05) is 0 Å². The molecule has 7 heteroatoms. The molecule has 0 N–H and O–H groups in total. The van der Waals surface area contributed by atoms with E-state index >= 15 is 0 Å². The van der Waals surface area contributed by atoms with Crippen molar-refractivity contribution in [2.24, 2.45) is 0 Å². The van der Waals surface area contributed by atoms with E-state index in [1.807, 2.05) is 12.4 Å². The van der Waals surface area contributed by atoms with Gasteiger partial charge in [-0.05, 0) is 34.5 Å². The lowest BCUT2D eigenvalue weighted by atomic mass is 10.3. The average Bonchev–Trinajstić information content (AvgIpc) is 2.70. The van der Waals surface area contributed by atoms with Crippen LogP contribution in [0.3, 0.4) is 0 Å². The fourth-order valence-electron chi connectivity index (χ4n) is 1.24. The molecule has 0 aromatic carbocycles. The molecular formula is C10H9BrClN3OS. The lowest BCUT2D eigenvalue weighted by molar-refractivity contribution is 0.307. The van der Waals surface area contributed by atoms with E-state index in [0.29, 0.717) is 17.0 Å². The van der Waals surface area contributed by atoms with Crippen molar-refractivity contribution in [1.29, 1.82) is 0 Å². The summed E-state index contributed by atoms with van der Waals surface area (Å²) in [5.41, 5.74) is 2.89. The maximum Gasteiger partial charge on any atom is 0.232 e. The number of halogens is 2. The highest BCUT2D eigenvalue weighted by Gasteiger charge is 2.06. The van der Waals surface area contributed by atoms with Gasteiger partial charge in [0.25, 0.3) is 0 Å². The zero-order valence-electron chi connectivity index (χ0n) is 8.98. The molecule has 4 nitrogen and oxygen atoms in total. The topological polar surface area (TPSA) is 47.9 Å². The number of aromatic nitrogens is 3. The van der Waals surface area contributed by atoms with Crippen molar-refractivity contribution in [3.63, 3.8) is 0 Å². The molecule has 2 aromatic heterocycles. The number of hydrogen-bond donors (Lipinski definition) is 0. The lowest BCUT2D eigenvalue weighted by Gasteiger charge is -2.06. The molecule has 0 amide bonds. The number of rotatable bonds is 4. The Balaban J connectivity index is 1.94. The molecule has 0 aliphatic carbocycles. The zero-order valence-corrected chi connectivity index (χ0v) is 12.1. The number of aryl methyl sites for hydroxylation is 1. The van der Waals surface area contributed by atoms with Crippen molar-refractivity contribution in [1.82, 2.24) is 15.0 Å². The SMILES string of the molecule is Cc1ncsc1CCOc1nc(Cl)ncc1Br. The number of thiazole rings is 1. The molecule has 0 aliphatic rings. The van der Waals surface area contributed by atoms with E-state index in [-0.39, 0.29) is 5.28 Å². The minimum absolute atomic E-state index is 0.178. The molecule has 0 bridgehead atoms. The maximum absolute atomic E-state index is 5.69. The Bertz CT molecular complexity index is 520. The quantitative estimate of drug-likeness (QED) is 0.805. The summed E-state index contributed by atoms with van der Waals surface area (Å²) in [6, 6.07) is 0. The smallest absolute Gasteiger partial charge is 0.232 e. The van der Waals surface area contributed by atoms with Crippen molar-refractivity contribution in [2.45, 2.75) is 13.3 Å². The fraction of sp³-hybridized carbons (Fsp3) is 0.300. The molecule has 90 valence electrons. The molecule has 0 fully saturated rings. The first-order valence-electron chi connectivity index (χ1n) is 4.86. The molecule has 0 spiro atoms. The van der Waals surface area contributed by atoms with E-state index in [0.717, 1.165) is 12.1 Å². The molecule has 2 heterocycles. The Morgan fingerprint density at radius 1 is 1.47 bits per heavy atom. The van der Waals surface area contributed by atoms with Gasteiger partial charge in [0.2, 0.25) is 11.2 Å². The summed E-state index contributed by atoms with van der Waals surface area (Å²) >= 11 is 10.6. The average molecular weight is 335 g/mol. The van der Waals surface area contributed by atoms with E-state index < -0.39 is 0 Å². The van der Waals surface area contributed by atoms with Gasteiger partial charge in [-0.3, -0.25) is 0 Å². The third-order valence-corrected chi connectivity index (χ3v) is 3.82. The van der Waals surface area contributed by atoms with E-state index in [4.69, 9.17) is 16.3 Å². The van der Waals surface area contributed by atoms with E-state index in [1.54, 1.807) is 17.5 Å². The molecule has 0 unspecified atom stereocenters. The van der Waals surface area contributed by atoms with Crippen LogP contribution in [0.15, 0.2) is 16.2 Å². The lowest BCUT2D eigenvalue weighted by Crippen LogP contribution is -2.03. The predicted molar refractivity (Wildman–Crippen MR) is 70.8 cm³/mol. The Hall–Kier alpha value is -0.720. The van der Waals surface area contributed by atoms with Crippen molar-refractivity contribution < 1.29 is 4.74 Å². The molecule has 17 heavy (non-hydrogen) atoms. The van der Waals surface area contributed by atoms with Gasteiger partial charge in [-0.15, -0.1) is 11.3 Å². The number of ether oxygens (including phenoxy) is 1. The van der Waals surface area contributed by atoms with Crippen LogP contribution in [0.1, 0.15) is 10.6 Å². The van der Waals surface area contributed by atoms with Crippen LogP contribution < -0.4 is 4.74 Å². The molecule has 0 saturated carbocycles. The standard InChI is InChI=1S/C10H9BrClN3OS/c1-6-8(17-5-14-6)2-3-16-9-7(11)4-13-10(12)15-9/h4-5H,2-3H2,1H3. The van der Waals surface area contributed by atoms with Crippen LogP contribution in [0.5, 0.6) is 5.88 Å². The van der Waals surface area contributed by atoms with Gasteiger partial charge in [0.05, 0.1) is 22.3 Å². The third kappa shape index (κ3) is 3.37. The molecular weight excluding hydrogens is 326 g/mol. The van der Waals surface area contributed by atoms with Crippen LogP contribution in [0, 0.1) is 6.92 Å². The maximum atomic E-state index is 5.69. The van der Waals surface area contributed by atoms with Crippen molar-refractivity contribution in [2.75, 3.05) is 6.61 Å². The molecule has 0 radical (unpaired) electrons. The Morgan fingerprint density at radius 3 is 3.00 bits per heavy atom. The van der Waals surface area contributed by atoms with Gasteiger partial charge in [-0.2, -0.15) is 4.98 Å². The van der Waals surface area contributed by atoms with Crippen molar-refractivity contribution in [3.05, 3.63) is 32.0 Å². The summed E-state index contributed by atoms with van der Waals surface area (Å²) in [4.78, 5) is 13.2. The first-order chi connectivity index (χ1) is 8.16. The molecule has 0 aliphatic heterocycles. The van der Waals surface area contributed by atoms with Gasteiger partial charge in [0, 0.05) is 17.5 Å². The summed E-state index contributed by atoms with van der Waals surface area (Å²) in [6.45, 7) is 2.53. The van der Waals surface area contributed by atoms with Crippen LogP contribution in [0.2, 0.25) is 5.28 Å². The van der Waals surface area contributed by atoms with E-state index in [9.17, 15) is 0 Å². The zero-order chi connectivity index (χ0) is 12.3. The highest BCUT2D eigenvalue weighted by molar-refractivity contribution is 9.10. The second-order valence-electron chi connectivity index (χ2n) is 3.25. The van der Waals surface area contributed by atoms with Crippen LogP contribution in [0.4, 0.5) is 0 Å². The third-order valence-electron chi connectivity index (χ3n) is 2.10. The summed E-state index contributed by atoms with van der Waals surface area (Å²) in [5.74, 6) is 0.465. The first kappa shape index (κ1) is 12.7. The van der Waals surface area contributed by atoms with Crippen LogP contribution in [-0.2, 0) is 6.42 Å². The van der Waals surface area contributed by atoms with Gasteiger partial charge in [0.15, 0.2) is 0 Å². The molecule has 0 saturated heterocycles. The summed E-state index contributed by atoms with van der Waals surface area (Å²) < 4.78 is 6.24. The summed E-state index contributed by atoms with van der Waals surface area (Å²) in [7, 11) is 0. The van der Waals surface area contributed by atoms with Crippen LogP contribution in [0.25, 0.3) is 0 Å². The Kier molecular flexibility index (Phi) is 4.31. The Labute approximate surface area is 116 Å². The molecule has 2 rings (SSSR count). The van der Waals surface area contributed by atoms with Crippen LogP contribution in [-0.4, -0.2) is 21.6 Å². The van der Waals surface area contributed by atoms with Crippen LogP contribution >= 0.6 is 38.9 Å². The van der Waals surface area contributed by atoms with E-state index in [1.165, 1.54) is 4.88 Å². The van der Waals surface area contributed by atoms with Gasteiger partial charge < -0.3 is 4.74 Å². The molecule has 0 atom stereocenters. The highest BCUT2D eigenvalue weighted by Crippen LogP contribution is 2.23. The monoisotopic (exact) mass is 333 g/mol. The number of hydrogen-bond acceptors (Lipinski definition) is 5. The van der Waals surface area contributed by atoms with Gasteiger partial charge in [0.1, 0.15) is 0 Å². The first-order valence-corrected chi connectivity index (χ1v) is 6.91. The van der Waals surface area contributed by atoms with E-state index in [2.05, 4.69) is 30.9 Å². The fourth-order valence-corrected chi connectivity index (χ4v) is 2.43. The minimum atomic E-state index is 0.178. The minimum Gasteiger partial charge on any atom is -0.476 e. The summed E-state index contributed by atoms with van der Waals surface area (Å²) in [5, 5.41) is 0.178. The van der Waals surface area contributed by atoms with Crippen molar-refractivity contribution in [3.8, 4) is 5.88 Å². The second kappa shape index (κ2) is 5.75. The summed E-state index contributed by atoms with van der Waals surface area (Å²) in [6.07, 6.45) is 2.38. The number of nitrogens with zero attached hydrogens (tertiary/aromatic N) is 3. The van der Waals surface area contributed by atoms with Gasteiger partial charge in [-0.25, -0.2) is 9.97 Å². The largest absolute Gasteiger partial charge is 0.476 e. The normalized spacial score (nSPS) is 10.5. The Morgan fingerprint density at radius 2 is 2.29 bits per heavy atom. The second-order valence-corrected chi connectivity index (χ2v) is 5.38. The van der Waals surface area contributed by atoms with Crippen molar-refractivity contribution >= 4 is 38.9 Å². The van der Waals surface area contributed by atoms with Gasteiger partial charge >= 0.3 is 0 Å². The predicted octanol–water partition coefficient (Wildman–Crippen LogP) is 3.28.